The number of nitrogens with zero attached hydrogens (tertiary/aromatic N) is 1. The van der Waals surface area contributed by atoms with Gasteiger partial charge in [0.2, 0.25) is 0 Å². The largest absolute Gasteiger partial charge is 0.484 e. The van der Waals surface area contributed by atoms with Crippen LogP contribution in [-0.2, 0) is 14.4 Å². The van der Waals surface area contributed by atoms with Crippen molar-refractivity contribution >= 4 is 26.6 Å². The maximum Gasteiger partial charge on any atom is 0.358 e. The van der Waals surface area contributed by atoms with E-state index in [1.807, 2.05) is 50.2 Å². The molecule has 0 amide bonds. The molecule has 0 N–H and O–H groups in total. The summed E-state index contributed by atoms with van der Waals surface area (Å²) in [5.41, 5.74) is 2.20. The fourth-order valence-electron chi connectivity index (χ4n) is 3.02. The molecule has 3 aromatic rings. The van der Waals surface area contributed by atoms with Gasteiger partial charge in [-0.15, -0.1) is 0 Å². The van der Waals surface area contributed by atoms with Gasteiger partial charge in [-0.25, -0.2) is 0 Å². The highest BCUT2D eigenvalue weighted by atomic mass is 32.2. The number of hydrogen-bond donors (Lipinski definition) is 0. The molecule has 1 heterocycles. The molecule has 0 aromatic heterocycles. The Balaban J connectivity index is 1.75. The molecule has 0 saturated heterocycles. The van der Waals surface area contributed by atoms with Gasteiger partial charge in [0.05, 0.1) is 5.56 Å². The molecule has 0 bridgehead atoms. The predicted molar refractivity (Wildman–Crippen MR) is 100 cm³/mol. The lowest BCUT2D eigenvalue weighted by molar-refractivity contribution is 0.291. The summed E-state index contributed by atoms with van der Waals surface area (Å²) in [6.07, 6.45) is -0.399. The number of rotatable bonds is 3. The van der Waals surface area contributed by atoms with Crippen molar-refractivity contribution in [2.45, 2.75) is 24.8 Å². The normalized spacial score (nSPS) is 17.9. The first-order chi connectivity index (χ1) is 12.5. The Morgan fingerprint density at radius 3 is 2.50 bits per heavy atom. The zero-order valence-corrected chi connectivity index (χ0v) is 15.2. The molecule has 0 spiro atoms. The summed E-state index contributed by atoms with van der Waals surface area (Å²) in [5, 5.41) is 5.94. The zero-order valence-electron chi connectivity index (χ0n) is 14.3. The lowest BCUT2D eigenvalue weighted by Gasteiger charge is -2.06. The Labute approximate surface area is 152 Å². The van der Waals surface area contributed by atoms with Crippen LogP contribution in [0.5, 0.6) is 5.75 Å². The van der Waals surface area contributed by atoms with E-state index in [9.17, 15) is 8.42 Å². The van der Waals surface area contributed by atoms with Crippen molar-refractivity contribution in [2.24, 2.45) is 5.16 Å². The average molecular weight is 367 g/mol. The number of ether oxygens (including phenoxy) is 1. The number of fused-ring (bicyclic) bond motifs is 3. The molecule has 0 radical (unpaired) electrons. The maximum absolute atomic E-state index is 12.4. The minimum atomic E-state index is -3.99. The van der Waals surface area contributed by atoms with E-state index < -0.39 is 16.2 Å². The van der Waals surface area contributed by atoms with Crippen molar-refractivity contribution in [3.8, 4) is 5.75 Å². The van der Waals surface area contributed by atoms with E-state index in [0.29, 0.717) is 11.5 Å². The number of oxime groups is 1. The lowest BCUT2D eigenvalue weighted by atomic mass is 10.00. The monoisotopic (exact) mass is 367 g/mol. The highest BCUT2D eigenvalue weighted by Gasteiger charge is 2.30. The van der Waals surface area contributed by atoms with E-state index >= 15 is 0 Å². The summed E-state index contributed by atoms with van der Waals surface area (Å²) in [6.45, 7) is 3.70. The van der Waals surface area contributed by atoms with E-state index in [1.54, 1.807) is 12.1 Å². The van der Waals surface area contributed by atoms with Crippen LogP contribution in [0.25, 0.3) is 10.8 Å². The van der Waals surface area contributed by atoms with Crippen molar-refractivity contribution in [3.63, 3.8) is 0 Å². The first-order valence-corrected chi connectivity index (χ1v) is 9.63. The average Bonchev–Trinajstić information content (AvgIpc) is 2.96. The molecule has 0 aliphatic carbocycles. The van der Waals surface area contributed by atoms with Crippen LogP contribution in [0, 0.1) is 6.92 Å². The van der Waals surface area contributed by atoms with E-state index in [1.165, 1.54) is 12.1 Å². The van der Waals surface area contributed by atoms with Gasteiger partial charge < -0.3 is 4.74 Å². The third kappa shape index (κ3) is 2.82. The molecular formula is C20H17NO4S. The van der Waals surface area contributed by atoms with E-state index in [4.69, 9.17) is 9.02 Å². The van der Waals surface area contributed by atoms with Gasteiger partial charge in [0.15, 0.2) is 0 Å². The fourth-order valence-corrected chi connectivity index (χ4v) is 3.75. The van der Waals surface area contributed by atoms with Crippen molar-refractivity contribution < 1.29 is 17.4 Å². The summed E-state index contributed by atoms with van der Waals surface area (Å²) in [4.78, 5) is 0.0668. The molecule has 1 aliphatic rings. The van der Waals surface area contributed by atoms with E-state index in [0.717, 1.165) is 21.9 Å². The number of benzene rings is 3. The second kappa shape index (κ2) is 6.14. The quantitative estimate of drug-likeness (QED) is 0.656. The van der Waals surface area contributed by atoms with Gasteiger partial charge in [-0.3, -0.25) is 4.28 Å². The summed E-state index contributed by atoms with van der Waals surface area (Å²) >= 11 is 0. The SMILES string of the molecule is Cc1ccc(S(=O)(=O)ON=C2c3c(ccc4ccccc34)OC2C)cc1. The van der Waals surface area contributed by atoms with Crippen LogP contribution in [0.1, 0.15) is 18.1 Å². The van der Waals surface area contributed by atoms with Gasteiger partial charge in [-0.05, 0) is 42.8 Å². The van der Waals surface area contributed by atoms with Gasteiger partial charge in [0.25, 0.3) is 0 Å². The van der Waals surface area contributed by atoms with Crippen molar-refractivity contribution in [2.75, 3.05) is 0 Å². The Kier molecular flexibility index (Phi) is 3.92. The lowest BCUT2D eigenvalue weighted by Crippen LogP contribution is -2.18. The first-order valence-electron chi connectivity index (χ1n) is 8.23. The van der Waals surface area contributed by atoms with Crippen LogP contribution in [0.3, 0.4) is 0 Å². The third-order valence-electron chi connectivity index (χ3n) is 4.38. The van der Waals surface area contributed by atoms with Gasteiger partial charge in [-0.2, -0.15) is 8.42 Å². The van der Waals surface area contributed by atoms with Crippen molar-refractivity contribution in [1.29, 1.82) is 0 Å². The highest BCUT2D eigenvalue weighted by molar-refractivity contribution is 7.86. The van der Waals surface area contributed by atoms with E-state index in [-0.39, 0.29) is 4.90 Å². The summed E-state index contributed by atoms with van der Waals surface area (Å²) < 4.78 is 35.6. The molecule has 0 fully saturated rings. The van der Waals surface area contributed by atoms with Crippen LogP contribution in [0.2, 0.25) is 0 Å². The topological polar surface area (TPSA) is 65.0 Å². The Morgan fingerprint density at radius 1 is 1.00 bits per heavy atom. The molecule has 5 nitrogen and oxygen atoms in total. The minimum absolute atomic E-state index is 0.0668. The van der Waals surface area contributed by atoms with Gasteiger partial charge >= 0.3 is 10.1 Å². The molecule has 1 atom stereocenters. The van der Waals surface area contributed by atoms with Crippen molar-refractivity contribution in [1.82, 2.24) is 0 Å². The van der Waals surface area contributed by atoms with Gasteiger partial charge in [0.1, 0.15) is 22.5 Å². The number of hydrogen-bond acceptors (Lipinski definition) is 5. The molecule has 0 saturated carbocycles. The molecular weight excluding hydrogens is 350 g/mol. The highest BCUT2D eigenvalue weighted by Crippen LogP contribution is 2.35. The fraction of sp³-hybridized carbons (Fsp3) is 0.150. The molecule has 26 heavy (non-hydrogen) atoms. The predicted octanol–water partition coefficient (Wildman–Crippen LogP) is 4.04. The molecule has 3 aromatic carbocycles. The Bertz CT molecular complexity index is 1120. The third-order valence-corrected chi connectivity index (χ3v) is 5.50. The molecule has 132 valence electrons. The van der Waals surface area contributed by atoms with Crippen LogP contribution in [0.4, 0.5) is 0 Å². The van der Waals surface area contributed by atoms with Crippen LogP contribution < -0.4 is 4.74 Å². The Hall–Kier alpha value is -2.86. The number of aryl methyl sites for hydroxylation is 1. The second-order valence-electron chi connectivity index (χ2n) is 6.24. The van der Waals surface area contributed by atoms with Crippen LogP contribution in [0.15, 0.2) is 70.7 Å². The molecule has 6 heteroatoms. The van der Waals surface area contributed by atoms with Crippen LogP contribution >= 0.6 is 0 Å². The molecule has 1 unspecified atom stereocenters. The maximum atomic E-state index is 12.4. The molecule has 4 rings (SSSR count). The zero-order chi connectivity index (χ0) is 18.3. The van der Waals surface area contributed by atoms with Crippen molar-refractivity contribution in [3.05, 3.63) is 71.8 Å². The summed E-state index contributed by atoms with van der Waals surface area (Å²) in [6, 6.07) is 18.1. The minimum Gasteiger partial charge on any atom is -0.484 e. The summed E-state index contributed by atoms with van der Waals surface area (Å²) in [5.74, 6) is 0.672. The van der Waals surface area contributed by atoms with Gasteiger partial charge in [-0.1, -0.05) is 53.2 Å². The first kappa shape index (κ1) is 16.6. The second-order valence-corrected chi connectivity index (χ2v) is 7.77. The summed E-state index contributed by atoms with van der Waals surface area (Å²) in [7, 11) is -3.99. The molecule has 1 aliphatic heterocycles. The van der Waals surface area contributed by atoms with Crippen LogP contribution in [-0.4, -0.2) is 20.2 Å². The Morgan fingerprint density at radius 2 is 1.73 bits per heavy atom. The standard InChI is InChI=1S/C20H17NO4S/c1-13-7-10-16(11-8-13)26(22,23)25-21-20-14(2)24-18-12-9-15-5-3-4-6-17(15)19(18)20/h3-12,14H,1-2H3. The van der Waals surface area contributed by atoms with E-state index in [2.05, 4.69) is 5.16 Å². The smallest absolute Gasteiger partial charge is 0.358 e. The van der Waals surface area contributed by atoms with Gasteiger partial charge in [0, 0.05) is 0 Å².